The molecule has 2 aromatic rings. The Bertz CT molecular complexity index is 845. The van der Waals surface area contributed by atoms with Crippen LogP contribution in [0.5, 0.6) is 17.2 Å². The van der Waals surface area contributed by atoms with Crippen molar-refractivity contribution >= 4 is 11.7 Å². The summed E-state index contributed by atoms with van der Waals surface area (Å²) >= 11 is 0. The minimum absolute atomic E-state index is 0.0370. The van der Waals surface area contributed by atoms with Gasteiger partial charge in [0.25, 0.3) is 0 Å². The van der Waals surface area contributed by atoms with Gasteiger partial charge in [-0.1, -0.05) is 18.2 Å². The molecule has 4 rings (SSSR count). The van der Waals surface area contributed by atoms with Crippen molar-refractivity contribution in [2.75, 3.05) is 45.0 Å². The van der Waals surface area contributed by atoms with Crippen LogP contribution in [0.2, 0.25) is 0 Å². The van der Waals surface area contributed by atoms with Crippen molar-refractivity contribution in [3.05, 3.63) is 47.5 Å². The van der Waals surface area contributed by atoms with Crippen LogP contribution < -0.4 is 24.4 Å². The average molecular weight is 383 g/mol. The van der Waals surface area contributed by atoms with Gasteiger partial charge >= 0.3 is 6.03 Å². The summed E-state index contributed by atoms with van der Waals surface area (Å²) in [6.45, 7) is 5.69. The van der Waals surface area contributed by atoms with Gasteiger partial charge in [0.15, 0.2) is 11.5 Å². The second kappa shape index (κ2) is 7.88. The standard InChI is InChI=1S/C21H25N3O4/c1-15-3-8-18-20(28-14-27-18)19(15)23-9-11-24(12-10-23)21(25)22-13-16-4-6-17(26-2)7-5-16/h3-8H,9-14H2,1-2H3,(H,22,25). The molecule has 7 nitrogen and oxygen atoms in total. The summed E-state index contributed by atoms with van der Waals surface area (Å²) in [7, 11) is 1.64. The van der Waals surface area contributed by atoms with Crippen LogP contribution in [0.3, 0.4) is 0 Å². The normalized spacial score (nSPS) is 15.5. The summed E-state index contributed by atoms with van der Waals surface area (Å²) < 4.78 is 16.3. The first-order chi connectivity index (χ1) is 13.7. The van der Waals surface area contributed by atoms with Crippen LogP contribution in [-0.2, 0) is 6.54 Å². The Labute approximate surface area is 164 Å². The third-order valence-corrected chi connectivity index (χ3v) is 5.20. The van der Waals surface area contributed by atoms with E-state index < -0.39 is 0 Å². The van der Waals surface area contributed by atoms with E-state index in [1.54, 1.807) is 7.11 Å². The molecule has 1 saturated heterocycles. The fourth-order valence-electron chi connectivity index (χ4n) is 3.62. The Morgan fingerprint density at radius 2 is 1.82 bits per heavy atom. The van der Waals surface area contributed by atoms with Crippen LogP contribution in [0, 0.1) is 6.92 Å². The number of ether oxygens (including phenoxy) is 3. The molecule has 0 unspecified atom stereocenters. The van der Waals surface area contributed by atoms with E-state index in [0.29, 0.717) is 19.6 Å². The number of urea groups is 1. The number of hydrogen-bond acceptors (Lipinski definition) is 5. The summed E-state index contributed by atoms with van der Waals surface area (Å²) in [6, 6.07) is 11.7. The number of hydrogen-bond donors (Lipinski definition) is 1. The molecule has 2 aliphatic rings. The lowest BCUT2D eigenvalue weighted by atomic mass is 10.1. The Balaban J connectivity index is 1.33. The van der Waals surface area contributed by atoms with Gasteiger partial charge in [-0.15, -0.1) is 0 Å². The molecule has 28 heavy (non-hydrogen) atoms. The van der Waals surface area contributed by atoms with Crippen molar-refractivity contribution in [2.24, 2.45) is 0 Å². The molecule has 2 aromatic carbocycles. The van der Waals surface area contributed by atoms with Gasteiger partial charge in [-0.2, -0.15) is 0 Å². The number of carbonyl (C=O) groups is 1. The molecule has 1 fully saturated rings. The van der Waals surface area contributed by atoms with Gasteiger partial charge in [-0.05, 0) is 36.2 Å². The van der Waals surface area contributed by atoms with Gasteiger partial charge in [0.2, 0.25) is 6.79 Å². The van der Waals surface area contributed by atoms with Gasteiger partial charge in [0, 0.05) is 32.7 Å². The van der Waals surface area contributed by atoms with Crippen LogP contribution in [-0.4, -0.2) is 51.0 Å². The van der Waals surface area contributed by atoms with E-state index in [9.17, 15) is 4.79 Å². The zero-order chi connectivity index (χ0) is 19.5. The maximum Gasteiger partial charge on any atom is 0.317 e. The Kier molecular flexibility index (Phi) is 5.14. The van der Waals surface area contributed by atoms with Crippen LogP contribution >= 0.6 is 0 Å². The number of benzene rings is 2. The van der Waals surface area contributed by atoms with Gasteiger partial charge in [-0.25, -0.2) is 4.79 Å². The number of amides is 2. The molecular formula is C21H25N3O4. The molecule has 7 heteroatoms. The van der Waals surface area contributed by atoms with Gasteiger partial charge in [0.05, 0.1) is 12.8 Å². The number of anilines is 1. The lowest BCUT2D eigenvalue weighted by Crippen LogP contribution is -2.51. The van der Waals surface area contributed by atoms with Crippen LogP contribution in [0.25, 0.3) is 0 Å². The van der Waals surface area contributed by atoms with E-state index in [2.05, 4.69) is 23.2 Å². The summed E-state index contributed by atoms with van der Waals surface area (Å²) in [5.74, 6) is 2.42. The number of aryl methyl sites for hydroxylation is 1. The van der Waals surface area contributed by atoms with Gasteiger partial charge < -0.3 is 29.3 Å². The molecule has 0 saturated carbocycles. The molecule has 148 valence electrons. The van der Waals surface area contributed by atoms with Crippen molar-refractivity contribution in [3.8, 4) is 17.2 Å². The second-order valence-electron chi connectivity index (χ2n) is 6.95. The van der Waals surface area contributed by atoms with E-state index in [4.69, 9.17) is 14.2 Å². The Morgan fingerprint density at radius 3 is 2.54 bits per heavy atom. The van der Waals surface area contributed by atoms with E-state index in [1.807, 2.05) is 35.2 Å². The number of nitrogens with zero attached hydrogens (tertiary/aromatic N) is 2. The van der Waals surface area contributed by atoms with Crippen molar-refractivity contribution < 1.29 is 19.0 Å². The average Bonchev–Trinajstić information content (AvgIpc) is 3.21. The van der Waals surface area contributed by atoms with Gasteiger partial charge in [-0.3, -0.25) is 0 Å². The fourth-order valence-corrected chi connectivity index (χ4v) is 3.62. The van der Waals surface area contributed by atoms with Crippen LogP contribution in [0.4, 0.5) is 10.5 Å². The highest BCUT2D eigenvalue weighted by atomic mass is 16.7. The molecule has 2 aliphatic heterocycles. The Hall–Kier alpha value is -3.09. The summed E-state index contributed by atoms with van der Waals surface area (Å²) in [6.07, 6.45) is 0. The number of nitrogens with one attached hydrogen (secondary N) is 1. The Morgan fingerprint density at radius 1 is 1.07 bits per heavy atom. The van der Waals surface area contributed by atoms with Crippen LogP contribution in [0.15, 0.2) is 36.4 Å². The number of piperazine rings is 1. The number of rotatable bonds is 4. The quantitative estimate of drug-likeness (QED) is 0.880. The SMILES string of the molecule is COc1ccc(CNC(=O)N2CCN(c3c(C)ccc4c3OCO4)CC2)cc1. The lowest BCUT2D eigenvalue weighted by Gasteiger charge is -2.37. The molecule has 0 atom stereocenters. The maximum absolute atomic E-state index is 12.5. The van der Waals surface area contributed by atoms with Crippen molar-refractivity contribution in [2.45, 2.75) is 13.5 Å². The molecule has 0 bridgehead atoms. The van der Waals surface area contributed by atoms with E-state index in [-0.39, 0.29) is 12.8 Å². The first kappa shape index (κ1) is 18.3. The van der Waals surface area contributed by atoms with Crippen molar-refractivity contribution in [3.63, 3.8) is 0 Å². The molecule has 0 radical (unpaired) electrons. The third kappa shape index (κ3) is 3.65. The van der Waals surface area contributed by atoms with Gasteiger partial charge in [0.1, 0.15) is 5.75 Å². The number of fused-ring (bicyclic) bond motifs is 1. The molecule has 0 aromatic heterocycles. The number of methoxy groups -OCH3 is 1. The third-order valence-electron chi connectivity index (χ3n) is 5.20. The fraction of sp³-hybridized carbons (Fsp3) is 0.381. The van der Waals surface area contributed by atoms with Crippen molar-refractivity contribution in [1.82, 2.24) is 10.2 Å². The van der Waals surface area contributed by atoms with E-state index >= 15 is 0 Å². The molecule has 2 amide bonds. The molecule has 1 N–H and O–H groups in total. The largest absolute Gasteiger partial charge is 0.497 e. The second-order valence-corrected chi connectivity index (χ2v) is 6.95. The zero-order valence-electron chi connectivity index (χ0n) is 16.2. The maximum atomic E-state index is 12.5. The van der Waals surface area contributed by atoms with E-state index in [0.717, 1.165) is 47.2 Å². The highest BCUT2D eigenvalue weighted by Crippen LogP contribution is 2.43. The highest BCUT2D eigenvalue weighted by Gasteiger charge is 2.27. The molecule has 0 spiro atoms. The lowest BCUT2D eigenvalue weighted by molar-refractivity contribution is 0.173. The van der Waals surface area contributed by atoms with Crippen LogP contribution in [0.1, 0.15) is 11.1 Å². The summed E-state index contributed by atoms with van der Waals surface area (Å²) in [4.78, 5) is 16.6. The minimum atomic E-state index is -0.0370. The molecular weight excluding hydrogens is 358 g/mol. The predicted molar refractivity (Wildman–Crippen MR) is 106 cm³/mol. The van der Waals surface area contributed by atoms with Crippen molar-refractivity contribution in [1.29, 1.82) is 0 Å². The number of carbonyl (C=O) groups excluding carboxylic acids is 1. The first-order valence-corrected chi connectivity index (χ1v) is 9.45. The summed E-state index contributed by atoms with van der Waals surface area (Å²) in [5, 5.41) is 3.00. The monoisotopic (exact) mass is 383 g/mol. The molecule has 2 heterocycles. The topological polar surface area (TPSA) is 63.3 Å². The highest BCUT2D eigenvalue weighted by molar-refractivity contribution is 5.75. The summed E-state index contributed by atoms with van der Waals surface area (Å²) in [5.41, 5.74) is 3.27. The zero-order valence-corrected chi connectivity index (χ0v) is 16.2. The minimum Gasteiger partial charge on any atom is -0.497 e. The smallest absolute Gasteiger partial charge is 0.317 e. The first-order valence-electron chi connectivity index (χ1n) is 9.45. The van der Waals surface area contributed by atoms with E-state index in [1.165, 1.54) is 0 Å². The molecule has 0 aliphatic carbocycles. The predicted octanol–water partition coefficient (Wildman–Crippen LogP) is 2.76.